The van der Waals surface area contributed by atoms with Gasteiger partial charge in [-0.05, 0) is 0 Å². The molecule has 11 nitrogen and oxygen atoms in total. The van der Waals surface area contributed by atoms with E-state index in [9.17, 15) is 20.4 Å². The first-order valence-corrected chi connectivity index (χ1v) is 11.4. The molecule has 2 rings (SSSR count). The van der Waals surface area contributed by atoms with Crippen LogP contribution in [0.15, 0.2) is 50.6 Å². The summed E-state index contributed by atoms with van der Waals surface area (Å²) in [7, 11) is 0. The van der Waals surface area contributed by atoms with Crippen molar-refractivity contribution in [3.8, 4) is 0 Å². The molecule has 4 N–H and O–H groups in total. The van der Waals surface area contributed by atoms with Crippen LogP contribution in [0.5, 0.6) is 0 Å². The van der Waals surface area contributed by atoms with E-state index in [1.54, 1.807) is 12.2 Å². The van der Waals surface area contributed by atoms with Crippen LogP contribution in [0, 0.1) is 0 Å². The first-order chi connectivity index (χ1) is 16.9. The zero-order valence-corrected chi connectivity index (χ0v) is 19.8. The Bertz CT molecular complexity index is 659. The van der Waals surface area contributed by atoms with Gasteiger partial charge in [0.25, 0.3) is 0 Å². The average molecular weight is 503 g/mol. The van der Waals surface area contributed by atoms with Crippen LogP contribution in [0.25, 0.3) is 0 Å². The van der Waals surface area contributed by atoms with Gasteiger partial charge in [-0.1, -0.05) is 24.3 Å². The van der Waals surface area contributed by atoms with Crippen LogP contribution < -0.4 is 0 Å². The average Bonchev–Trinajstić information content (AvgIpc) is 2.84. The lowest BCUT2D eigenvalue weighted by Crippen LogP contribution is -2.65. The molecule has 2 saturated heterocycles. The third-order valence-corrected chi connectivity index (χ3v) is 5.42. The lowest BCUT2D eigenvalue weighted by Gasteiger charge is -2.47. The van der Waals surface area contributed by atoms with Crippen LogP contribution in [0.1, 0.15) is 0 Å². The van der Waals surface area contributed by atoms with Crippen molar-refractivity contribution in [1.82, 2.24) is 0 Å². The fraction of sp³-hybridized carbons (Fsp3) is 0.667. The molecule has 2 fully saturated rings. The molecule has 0 aromatic heterocycles. The standard InChI is InChI=1S/C24H38O11/c1-5-9-29-13-15-17(25)21(31-11-7-3)19(27)24(34-15)35-20-16(14-30-10-6-2)33-23(28)18(26)22(20)32-12-8-4/h5-8,15-28H,1-4,9-14H2/t15-,16-,17+,18-,19-,20+,21+,22-,23-,24+/m1/s1. The molecule has 0 aliphatic carbocycles. The number of hydrogen-bond donors (Lipinski definition) is 4. The molecular weight excluding hydrogens is 464 g/mol. The van der Waals surface area contributed by atoms with E-state index in [2.05, 4.69) is 26.3 Å². The largest absolute Gasteiger partial charge is 0.387 e. The van der Waals surface area contributed by atoms with E-state index >= 15 is 0 Å². The van der Waals surface area contributed by atoms with Crippen LogP contribution in [0.3, 0.4) is 0 Å². The van der Waals surface area contributed by atoms with Gasteiger partial charge >= 0.3 is 0 Å². The highest BCUT2D eigenvalue weighted by Crippen LogP contribution is 2.31. The Balaban J connectivity index is 2.28. The molecule has 2 heterocycles. The predicted molar refractivity (Wildman–Crippen MR) is 124 cm³/mol. The molecule has 0 spiro atoms. The van der Waals surface area contributed by atoms with E-state index in [0.717, 1.165) is 0 Å². The minimum atomic E-state index is -1.57. The molecule has 0 bridgehead atoms. The van der Waals surface area contributed by atoms with Gasteiger partial charge in [-0.3, -0.25) is 0 Å². The maximum absolute atomic E-state index is 10.9. The molecule has 11 heteroatoms. The van der Waals surface area contributed by atoms with Gasteiger partial charge in [0, 0.05) is 0 Å². The second-order valence-corrected chi connectivity index (χ2v) is 8.01. The summed E-state index contributed by atoms with van der Waals surface area (Å²) in [5, 5.41) is 42.4. The lowest BCUT2D eigenvalue weighted by atomic mass is 9.96. The monoisotopic (exact) mass is 502 g/mol. The van der Waals surface area contributed by atoms with E-state index in [1.807, 2.05) is 0 Å². The van der Waals surface area contributed by atoms with E-state index in [1.165, 1.54) is 12.2 Å². The predicted octanol–water partition coefficient (Wildman–Crippen LogP) is -0.556. The van der Waals surface area contributed by atoms with Gasteiger partial charge in [-0.25, -0.2) is 0 Å². The Kier molecular flexibility index (Phi) is 13.3. The van der Waals surface area contributed by atoms with Crippen molar-refractivity contribution in [2.45, 2.75) is 61.4 Å². The Morgan fingerprint density at radius 3 is 1.71 bits per heavy atom. The first-order valence-electron chi connectivity index (χ1n) is 11.4. The molecular formula is C24H38O11. The lowest BCUT2D eigenvalue weighted by molar-refractivity contribution is -0.361. The molecule has 10 atom stereocenters. The van der Waals surface area contributed by atoms with Gasteiger partial charge in [0.15, 0.2) is 12.6 Å². The van der Waals surface area contributed by atoms with Crippen molar-refractivity contribution in [2.24, 2.45) is 0 Å². The molecule has 2 aliphatic heterocycles. The second-order valence-electron chi connectivity index (χ2n) is 8.01. The van der Waals surface area contributed by atoms with Crippen LogP contribution in [0.2, 0.25) is 0 Å². The van der Waals surface area contributed by atoms with E-state index in [0.29, 0.717) is 0 Å². The molecule has 0 amide bonds. The summed E-state index contributed by atoms with van der Waals surface area (Å²) >= 11 is 0. The molecule has 200 valence electrons. The Hall–Kier alpha value is -1.48. The summed E-state index contributed by atoms with van der Waals surface area (Å²) in [6.07, 6.45) is -6.04. The maximum Gasteiger partial charge on any atom is 0.187 e. The van der Waals surface area contributed by atoms with E-state index in [4.69, 9.17) is 33.2 Å². The molecule has 0 radical (unpaired) electrons. The van der Waals surface area contributed by atoms with Crippen molar-refractivity contribution in [1.29, 1.82) is 0 Å². The minimum absolute atomic E-state index is 0.0293. The minimum Gasteiger partial charge on any atom is -0.387 e. The molecule has 0 unspecified atom stereocenters. The summed E-state index contributed by atoms with van der Waals surface area (Å²) in [5.41, 5.74) is 0. The molecule has 0 aromatic carbocycles. The van der Waals surface area contributed by atoms with Crippen LogP contribution in [0.4, 0.5) is 0 Å². The van der Waals surface area contributed by atoms with Gasteiger partial charge in [0.2, 0.25) is 0 Å². The van der Waals surface area contributed by atoms with Crippen molar-refractivity contribution >= 4 is 0 Å². The van der Waals surface area contributed by atoms with Crippen molar-refractivity contribution < 1.29 is 53.6 Å². The third kappa shape index (κ3) is 8.27. The highest BCUT2D eigenvalue weighted by atomic mass is 16.7. The zero-order valence-electron chi connectivity index (χ0n) is 19.8. The van der Waals surface area contributed by atoms with Gasteiger partial charge in [0.05, 0.1) is 39.6 Å². The summed E-state index contributed by atoms with van der Waals surface area (Å²) in [5.74, 6) is 0. The quantitative estimate of drug-likeness (QED) is 0.159. The summed E-state index contributed by atoms with van der Waals surface area (Å²) in [6, 6.07) is 0. The Morgan fingerprint density at radius 1 is 0.600 bits per heavy atom. The fourth-order valence-electron chi connectivity index (χ4n) is 3.80. The zero-order chi connectivity index (χ0) is 25.8. The molecule has 35 heavy (non-hydrogen) atoms. The summed E-state index contributed by atoms with van der Waals surface area (Å²) < 4.78 is 39.6. The first kappa shape index (κ1) is 29.7. The maximum atomic E-state index is 10.9. The van der Waals surface area contributed by atoms with Gasteiger partial charge < -0.3 is 53.6 Å². The number of hydrogen-bond acceptors (Lipinski definition) is 11. The van der Waals surface area contributed by atoms with Crippen molar-refractivity contribution in [3.05, 3.63) is 50.6 Å². The highest BCUT2D eigenvalue weighted by molar-refractivity contribution is 4.96. The number of aliphatic hydroxyl groups is 4. The van der Waals surface area contributed by atoms with E-state index in [-0.39, 0.29) is 39.6 Å². The Morgan fingerprint density at radius 2 is 1.14 bits per heavy atom. The summed E-state index contributed by atoms with van der Waals surface area (Å²) in [6.45, 7) is 14.8. The molecule has 0 aromatic rings. The van der Waals surface area contributed by atoms with Gasteiger partial charge in [-0.15, -0.1) is 26.3 Å². The summed E-state index contributed by atoms with van der Waals surface area (Å²) in [4.78, 5) is 0. The van der Waals surface area contributed by atoms with Crippen LogP contribution in [-0.2, 0) is 33.2 Å². The highest BCUT2D eigenvalue weighted by Gasteiger charge is 2.51. The topological polar surface area (TPSA) is 146 Å². The SMILES string of the molecule is C=CCOC[C@H]1O[C@@H](O[C@@H]2[C@H](OCC=C)[C@@H](O)[C@H](O)O[C@@H]2COCC=C)[C@H](O)[C@@H](OCC=C)[C@H]1O. The molecule has 2 aliphatic rings. The third-order valence-electron chi connectivity index (χ3n) is 5.42. The smallest absolute Gasteiger partial charge is 0.187 e. The normalized spacial score (nSPS) is 37.5. The fourth-order valence-corrected chi connectivity index (χ4v) is 3.80. The van der Waals surface area contributed by atoms with Crippen molar-refractivity contribution in [2.75, 3.05) is 39.6 Å². The second kappa shape index (κ2) is 15.6. The number of rotatable bonds is 16. The Labute approximate surface area is 205 Å². The number of aliphatic hydroxyl groups excluding tert-OH is 4. The number of ether oxygens (including phenoxy) is 7. The van der Waals surface area contributed by atoms with Gasteiger partial charge in [-0.2, -0.15) is 0 Å². The van der Waals surface area contributed by atoms with Gasteiger partial charge in [0.1, 0.15) is 48.8 Å². The molecule has 0 saturated carbocycles. The van der Waals surface area contributed by atoms with Crippen LogP contribution in [-0.4, -0.2) is 121 Å². The van der Waals surface area contributed by atoms with E-state index < -0.39 is 61.4 Å². The van der Waals surface area contributed by atoms with Crippen LogP contribution >= 0.6 is 0 Å². The van der Waals surface area contributed by atoms with Crippen molar-refractivity contribution in [3.63, 3.8) is 0 Å².